The van der Waals surface area contributed by atoms with E-state index in [1.54, 1.807) is 18.4 Å². The van der Waals surface area contributed by atoms with Crippen LogP contribution in [-0.4, -0.2) is 35.8 Å². The molecule has 2 unspecified atom stereocenters. The molecule has 0 saturated carbocycles. The van der Waals surface area contributed by atoms with E-state index in [1.165, 1.54) is 0 Å². The Kier molecular flexibility index (Phi) is 7.13. The maximum atomic E-state index is 6.50. The van der Waals surface area contributed by atoms with Crippen molar-refractivity contribution in [3.63, 3.8) is 0 Å². The molecule has 1 heterocycles. The summed E-state index contributed by atoms with van der Waals surface area (Å²) in [5.41, 5.74) is 3.31. The quantitative estimate of drug-likeness (QED) is 0.509. The standard InChI is InChI=1S/C22H28ClN3OS/c1-5-6-11-26(14-17-9-7-8-10-19(17)23)22-25-24-21(28-22)18-12-15(2)20(27-4)16(3)13-18/h7-10,12-13,17,19H,5-6,11,14H2,1-4H3. The van der Waals surface area contributed by atoms with Gasteiger partial charge in [0.1, 0.15) is 10.8 Å². The molecule has 6 heteroatoms. The number of aromatic nitrogens is 2. The molecule has 150 valence electrons. The third-order valence-electron chi connectivity index (χ3n) is 4.98. The fourth-order valence-corrected chi connectivity index (χ4v) is 4.63. The van der Waals surface area contributed by atoms with Crippen molar-refractivity contribution in [2.75, 3.05) is 25.1 Å². The minimum absolute atomic E-state index is 0.0217. The number of unbranched alkanes of at least 4 members (excludes halogenated alkanes) is 1. The van der Waals surface area contributed by atoms with Crippen molar-refractivity contribution in [2.24, 2.45) is 5.92 Å². The molecule has 2 atom stereocenters. The van der Waals surface area contributed by atoms with Crippen molar-refractivity contribution in [3.05, 3.63) is 47.6 Å². The molecule has 3 rings (SSSR count). The van der Waals surface area contributed by atoms with Crippen LogP contribution in [-0.2, 0) is 0 Å². The Labute approximate surface area is 176 Å². The molecule has 28 heavy (non-hydrogen) atoms. The Morgan fingerprint density at radius 1 is 1.14 bits per heavy atom. The van der Waals surface area contributed by atoms with Crippen LogP contribution in [0.4, 0.5) is 5.13 Å². The number of hydrogen-bond donors (Lipinski definition) is 0. The van der Waals surface area contributed by atoms with Crippen LogP contribution >= 0.6 is 22.9 Å². The van der Waals surface area contributed by atoms with Crippen LogP contribution in [0.1, 0.15) is 30.9 Å². The zero-order chi connectivity index (χ0) is 20.1. The first-order chi connectivity index (χ1) is 13.5. The first-order valence-corrected chi connectivity index (χ1v) is 11.0. The number of alkyl halides is 1. The lowest BCUT2D eigenvalue weighted by atomic mass is 10.00. The van der Waals surface area contributed by atoms with Crippen LogP contribution in [0.15, 0.2) is 36.4 Å². The number of methoxy groups -OCH3 is 1. The molecule has 1 aromatic heterocycles. The molecule has 1 aromatic carbocycles. The third kappa shape index (κ3) is 4.76. The van der Waals surface area contributed by atoms with Gasteiger partial charge in [0.15, 0.2) is 0 Å². The van der Waals surface area contributed by atoms with Crippen LogP contribution in [0.25, 0.3) is 10.6 Å². The predicted octanol–water partition coefficient (Wildman–Crippen LogP) is 5.79. The van der Waals surface area contributed by atoms with Gasteiger partial charge in [-0.3, -0.25) is 0 Å². The molecule has 0 fully saturated rings. The molecule has 0 amide bonds. The molecule has 0 N–H and O–H groups in total. The number of halogens is 1. The third-order valence-corrected chi connectivity index (χ3v) is 6.48. The summed E-state index contributed by atoms with van der Waals surface area (Å²) < 4.78 is 5.48. The van der Waals surface area contributed by atoms with Crippen LogP contribution in [0.2, 0.25) is 0 Å². The maximum absolute atomic E-state index is 6.50. The fraction of sp³-hybridized carbons (Fsp3) is 0.455. The van der Waals surface area contributed by atoms with Crippen molar-refractivity contribution < 1.29 is 4.74 Å². The number of anilines is 1. The summed E-state index contributed by atoms with van der Waals surface area (Å²) in [4.78, 5) is 2.33. The van der Waals surface area contributed by atoms with Gasteiger partial charge in [0.25, 0.3) is 0 Å². The Morgan fingerprint density at radius 2 is 1.86 bits per heavy atom. The summed E-state index contributed by atoms with van der Waals surface area (Å²) in [6, 6.07) is 4.24. The number of allylic oxidation sites excluding steroid dienone is 3. The summed E-state index contributed by atoms with van der Waals surface area (Å²) in [5, 5.41) is 10.9. The van der Waals surface area contributed by atoms with Crippen LogP contribution in [0, 0.1) is 19.8 Å². The van der Waals surface area contributed by atoms with E-state index < -0.39 is 0 Å². The summed E-state index contributed by atoms with van der Waals surface area (Å²) in [6.45, 7) is 8.15. The van der Waals surface area contributed by atoms with E-state index in [-0.39, 0.29) is 11.3 Å². The van der Waals surface area contributed by atoms with Gasteiger partial charge in [-0.1, -0.05) is 49.0 Å². The van der Waals surface area contributed by atoms with Crippen LogP contribution in [0.5, 0.6) is 5.75 Å². The molecular weight excluding hydrogens is 390 g/mol. The number of rotatable bonds is 8. The molecule has 0 spiro atoms. The van der Waals surface area contributed by atoms with Gasteiger partial charge in [-0.05, 0) is 43.5 Å². The molecule has 1 aliphatic carbocycles. The van der Waals surface area contributed by atoms with Gasteiger partial charge in [0.05, 0.1) is 12.5 Å². The van der Waals surface area contributed by atoms with E-state index in [2.05, 4.69) is 66.2 Å². The Hall–Kier alpha value is -1.85. The second-order valence-corrected chi connectivity index (χ2v) is 8.67. The summed E-state index contributed by atoms with van der Waals surface area (Å²) in [7, 11) is 1.71. The fourth-order valence-electron chi connectivity index (χ4n) is 3.51. The zero-order valence-electron chi connectivity index (χ0n) is 17.0. The highest BCUT2D eigenvalue weighted by Gasteiger charge is 2.22. The monoisotopic (exact) mass is 417 g/mol. The smallest absolute Gasteiger partial charge is 0.208 e. The molecular formula is C22H28ClN3OS. The molecule has 0 radical (unpaired) electrons. The Morgan fingerprint density at radius 3 is 2.50 bits per heavy atom. The molecule has 2 aromatic rings. The molecule has 1 aliphatic rings. The zero-order valence-corrected chi connectivity index (χ0v) is 18.6. The number of ether oxygens (including phenoxy) is 1. The highest BCUT2D eigenvalue weighted by atomic mass is 35.5. The van der Waals surface area contributed by atoms with Gasteiger partial charge in [0.2, 0.25) is 5.13 Å². The molecule has 0 aliphatic heterocycles. The van der Waals surface area contributed by atoms with Gasteiger partial charge in [-0.25, -0.2) is 0 Å². The number of benzene rings is 1. The van der Waals surface area contributed by atoms with Crippen molar-refractivity contribution in [2.45, 2.75) is 39.0 Å². The van der Waals surface area contributed by atoms with E-state index in [9.17, 15) is 0 Å². The van der Waals surface area contributed by atoms with Crippen molar-refractivity contribution in [1.82, 2.24) is 10.2 Å². The summed E-state index contributed by atoms with van der Waals surface area (Å²) >= 11 is 8.15. The number of hydrogen-bond acceptors (Lipinski definition) is 5. The summed E-state index contributed by atoms with van der Waals surface area (Å²) in [6.07, 6.45) is 10.6. The minimum Gasteiger partial charge on any atom is -0.496 e. The maximum Gasteiger partial charge on any atom is 0.208 e. The van der Waals surface area contributed by atoms with Gasteiger partial charge in [0, 0.05) is 24.6 Å². The van der Waals surface area contributed by atoms with E-state index in [0.717, 1.165) is 58.5 Å². The number of aryl methyl sites for hydroxylation is 2. The highest BCUT2D eigenvalue weighted by Crippen LogP contribution is 2.34. The Balaban J connectivity index is 1.84. The molecule has 4 nitrogen and oxygen atoms in total. The lowest BCUT2D eigenvalue weighted by Gasteiger charge is -2.27. The van der Waals surface area contributed by atoms with E-state index in [0.29, 0.717) is 0 Å². The SMILES string of the molecule is CCCCN(CC1C=CC=CC1Cl)c1nnc(-c2cc(C)c(OC)c(C)c2)s1. The minimum atomic E-state index is 0.0217. The second kappa shape index (κ2) is 9.57. The predicted molar refractivity (Wildman–Crippen MR) is 120 cm³/mol. The van der Waals surface area contributed by atoms with Crippen molar-refractivity contribution in [1.29, 1.82) is 0 Å². The van der Waals surface area contributed by atoms with E-state index >= 15 is 0 Å². The van der Waals surface area contributed by atoms with Gasteiger partial charge >= 0.3 is 0 Å². The molecule has 0 saturated heterocycles. The first kappa shape index (κ1) is 20.9. The van der Waals surface area contributed by atoms with Gasteiger partial charge in [-0.2, -0.15) is 0 Å². The van der Waals surface area contributed by atoms with Gasteiger partial charge in [-0.15, -0.1) is 21.8 Å². The lowest BCUT2D eigenvalue weighted by molar-refractivity contribution is 0.408. The summed E-state index contributed by atoms with van der Waals surface area (Å²) in [5.74, 6) is 1.21. The Bertz CT molecular complexity index is 838. The van der Waals surface area contributed by atoms with Crippen molar-refractivity contribution >= 4 is 28.1 Å². The highest BCUT2D eigenvalue weighted by molar-refractivity contribution is 7.18. The van der Waals surface area contributed by atoms with Crippen LogP contribution < -0.4 is 9.64 Å². The van der Waals surface area contributed by atoms with Gasteiger partial charge < -0.3 is 9.64 Å². The van der Waals surface area contributed by atoms with E-state index in [4.69, 9.17) is 16.3 Å². The largest absolute Gasteiger partial charge is 0.496 e. The van der Waals surface area contributed by atoms with Crippen LogP contribution in [0.3, 0.4) is 0 Å². The topological polar surface area (TPSA) is 38.2 Å². The first-order valence-electron chi connectivity index (χ1n) is 9.76. The van der Waals surface area contributed by atoms with E-state index in [1.807, 2.05) is 6.08 Å². The average Bonchev–Trinajstić information content (AvgIpc) is 3.16. The number of nitrogens with zero attached hydrogens (tertiary/aromatic N) is 3. The molecule has 0 bridgehead atoms. The average molecular weight is 418 g/mol. The lowest BCUT2D eigenvalue weighted by Crippen LogP contribution is -2.33. The van der Waals surface area contributed by atoms with Crippen molar-refractivity contribution in [3.8, 4) is 16.3 Å². The second-order valence-electron chi connectivity index (χ2n) is 7.21. The normalized spacial score (nSPS) is 18.5.